The van der Waals surface area contributed by atoms with Crippen molar-refractivity contribution in [2.75, 3.05) is 5.32 Å². The molecule has 1 fully saturated rings. The SMILES string of the molecule is C=C(C)OC1(c2ccc(Nc3nc4c(Br)cccn4n3)cc2)CC1.CC. The van der Waals surface area contributed by atoms with Gasteiger partial charge in [-0.15, -0.1) is 5.10 Å². The standard InChI is InChI=1S/C18H17BrN4O.C2H6/c1-12(2)24-18(9-10-18)13-5-7-14(8-6-13)20-17-21-16-15(19)4-3-11-23(16)22-17;1-2/h3-8,11H,1,9-10H2,2H3,(H,20,22);1-2H3. The molecular weight excluding hydrogens is 392 g/mol. The normalized spacial score (nSPS) is 14.3. The van der Waals surface area contributed by atoms with Crippen LogP contribution < -0.4 is 5.32 Å². The molecule has 0 saturated heterocycles. The number of rotatable bonds is 5. The van der Waals surface area contributed by atoms with E-state index in [1.165, 1.54) is 5.56 Å². The maximum Gasteiger partial charge on any atom is 0.247 e. The fraction of sp³-hybridized carbons (Fsp3) is 0.300. The third-order valence-electron chi connectivity index (χ3n) is 4.06. The third kappa shape index (κ3) is 3.75. The van der Waals surface area contributed by atoms with Crippen LogP contribution in [0.4, 0.5) is 11.6 Å². The molecule has 0 atom stereocenters. The van der Waals surface area contributed by atoms with Gasteiger partial charge in [0.15, 0.2) is 5.65 Å². The van der Waals surface area contributed by atoms with E-state index >= 15 is 0 Å². The predicted octanol–water partition coefficient (Wildman–Crippen LogP) is 5.80. The number of allylic oxidation sites excluding steroid dienone is 1. The number of anilines is 2. The van der Waals surface area contributed by atoms with Crippen molar-refractivity contribution in [1.82, 2.24) is 14.6 Å². The molecule has 0 radical (unpaired) electrons. The van der Waals surface area contributed by atoms with E-state index < -0.39 is 0 Å². The average molecular weight is 415 g/mol. The van der Waals surface area contributed by atoms with Gasteiger partial charge < -0.3 is 10.1 Å². The van der Waals surface area contributed by atoms with Gasteiger partial charge in [-0.1, -0.05) is 32.6 Å². The summed E-state index contributed by atoms with van der Waals surface area (Å²) in [5, 5.41) is 7.66. The first-order valence-electron chi connectivity index (χ1n) is 8.79. The fourth-order valence-electron chi connectivity index (χ4n) is 2.81. The van der Waals surface area contributed by atoms with Gasteiger partial charge in [0.25, 0.3) is 0 Å². The zero-order valence-corrected chi connectivity index (χ0v) is 16.9. The summed E-state index contributed by atoms with van der Waals surface area (Å²) >= 11 is 3.48. The molecule has 4 rings (SSSR count). The summed E-state index contributed by atoms with van der Waals surface area (Å²) in [6, 6.07) is 12.1. The van der Waals surface area contributed by atoms with Gasteiger partial charge >= 0.3 is 0 Å². The molecular formula is C20H23BrN4O. The van der Waals surface area contributed by atoms with Crippen molar-refractivity contribution in [1.29, 1.82) is 0 Å². The minimum Gasteiger partial charge on any atom is -0.488 e. The van der Waals surface area contributed by atoms with Gasteiger partial charge in [0.05, 0.1) is 10.2 Å². The molecule has 26 heavy (non-hydrogen) atoms. The predicted molar refractivity (Wildman–Crippen MR) is 109 cm³/mol. The van der Waals surface area contributed by atoms with Crippen molar-refractivity contribution >= 4 is 33.2 Å². The number of pyridine rings is 1. The van der Waals surface area contributed by atoms with Crippen LogP contribution in [0.1, 0.15) is 39.2 Å². The lowest BCUT2D eigenvalue weighted by Crippen LogP contribution is -2.10. The lowest BCUT2D eigenvalue weighted by molar-refractivity contribution is 0.0948. The number of hydrogen-bond donors (Lipinski definition) is 1. The van der Waals surface area contributed by atoms with E-state index in [0.717, 1.165) is 34.4 Å². The second-order valence-electron chi connectivity index (χ2n) is 6.06. The van der Waals surface area contributed by atoms with E-state index in [2.05, 4.69) is 50.0 Å². The second kappa shape index (κ2) is 7.50. The number of ether oxygens (including phenoxy) is 1. The summed E-state index contributed by atoms with van der Waals surface area (Å²) in [6.07, 6.45) is 3.94. The molecule has 0 unspecified atom stereocenters. The Bertz CT molecular complexity index is 913. The van der Waals surface area contributed by atoms with Crippen LogP contribution >= 0.6 is 15.9 Å². The summed E-state index contributed by atoms with van der Waals surface area (Å²) in [4.78, 5) is 4.49. The smallest absolute Gasteiger partial charge is 0.247 e. The van der Waals surface area contributed by atoms with E-state index in [9.17, 15) is 0 Å². The molecule has 3 aromatic rings. The molecule has 6 heteroatoms. The molecule has 2 heterocycles. The Labute approximate surface area is 162 Å². The summed E-state index contributed by atoms with van der Waals surface area (Å²) in [6.45, 7) is 9.74. The summed E-state index contributed by atoms with van der Waals surface area (Å²) in [5.41, 5.74) is 2.73. The van der Waals surface area contributed by atoms with Gasteiger partial charge in [-0.2, -0.15) is 4.98 Å². The van der Waals surface area contributed by atoms with Crippen molar-refractivity contribution < 1.29 is 4.74 Å². The average Bonchev–Trinajstić information content (AvgIpc) is 3.27. The third-order valence-corrected chi connectivity index (χ3v) is 4.67. The van der Waals surface area contributed by atoms with Gasteiger partial charge in [0.2, 0.25) is 5.95 Å². The highest BCUT2D eigenvalue weighted by atomic mass is 79.9. The minimum absolute atomic E-state index is 0.170. The van der Waals surface area contributed by atoms with Crippen LogP contribution in [0, 0.1) is 0 Å². The van der Waals surface area contributed by atoms with E-state index in [4.69, 9.17) is 4.74 Å². The monoisotopic (exact) mass is 414 g/mol. The lowest BCUT2D eigenvalue weighted by atomic mass is 10.1. The zero-order valence-electron chi connectivity index (χ0n) is 15.3. The van der Waals surface area contributed by atoms with E-state index in [0.29, 0.717) is 5.95 Å². The van der Waals surface area contributed by atoms with E-state index in [-0.39, 0.29) is 5.60 Å². The Morgan fingerprint density at radius 2 is 1.92 bits per heavy atom. The van der Waals surface area contributed by atoms with Crippen LogP contribution in [0.5, 0.6) is 0 Å². The van der Waals surface area contributed by atoms with Gasteiger partial charge in [0.1, 0.15) is 5.60 Å². The van der Waals surface area contributed by atoms with Crippen LogP contribution in [0.2, 0.25) is 0 Å². The Kier molecular flexibility index (Phi) is 5.32. The number of hydrogen-bond acceptors (Lipinski definition) is 4. The van der Waals surface area contributed by atoms with Crippen LogP contribution in [-0.2, 0) is 10.3 Å². The van der Waals surface area contributed by atoms with Crippen molar-refractivity contribution in [2.24, 2.45) is 0 Å². The molecule has 5 nitrogen and oxygen atoms in total. The van der Waals surface area contributed by atoms with Crippen LogP contribution in [-0.4, -0.2) is 14.6 Å². The van der Waals surface area contributed by atoms with Crippen molar-refractivity contribution in [2.45, 2.75) is 39.2 Å². The molecule has 0 spiro atoms. The quantitative estimate of drug-likeness (QED) is 0.535. The largest absolute Gasteiger partial charge is 0.488 e. The van der Waals surface area contributed by atoms with Gasteiger partial charge in [-0.3, -0.25) is 0 Å². The molecule has 0 bridgehead atoms. The Morgan fingerprint density at radius 3 is 2.50 bits per heavy atom. The van der Waals surface area contributed by atoms with E-state index in [1.54, 1.807) is 4.52 Å². The zero-order chi connectivity index (χ0) is 18.7. The fourth-order valence-corrected chi connectivity index (χ4v) is 3.23. The first kappa shape index (κ1) is 18.5. The Balaban J connectivity index is 0.000000948. The lowest BCUT2D eigenvalue weighted by Gasteiger charge is -2.18. The van der Waals surface area contributed by atoms with Crippen LogP contribution in [0.3, 0.4) is 0 Å². The highest BCUT2D eigenvalue weighted by molar-refractivity contribution is 9.10. The number of nitrogens with one attached hydrogen (secondary N) is 1. The number of aromatic nitrogens is 3. The number of fused-ring (bicyclic) bond motifs is 1. The maximum atomic E-state index is 5.90. The number of benzene rings is 1. The molecule has 0 aliphatic heterocycles. The van der Waals surface area contributed by atoms with Crippen molar-refractivity contribution in [3.63, 3.8) is 0 Å². The first-order chi connectivity index (χ1) is 12.6. The topological polar surface area (TPSA) is 51.5 Å². The Hall–Kier alpha value is -2.34. The Morgan fingerprint density at radius 1 is 1.23 bits per heavy atom. The molecule has 1 aliphatic carbocycles. The van der Waals surface area contributed by atoms with Gasteiger partial charge in [-0.25, -0.2) is 4.52 Å². The van der Waals surface area contributed by atoms with Gasteiger partial charge in [-0.05, 0) is 65.5 Å². The minimum atomic E-state index is -0.170. The van der Waals surface area contributed by atoms with Crippen molar-refractivity contribution in [3.05, 3.63) is 65.0 Å². The van der Waals surface area contributed by atoms with Crippen molar-refractivity contribution in [3.8, 4) is 0 Å². The van der Waals surface area contributed by atoms with Gasteiger partial charge in [0, 0.05) is 11.9 Å². The molecule has 136 valence electrons. The highest BCUT2D eigenvalue weighted by Crippen LogP contribution is 2.50. The summed E-state index contributed by atoms with van der Waals surface area (Å²) in [7, 11) is 0. The maximum absolute atomic E-state index is 5.90. The molecule has 1 aliphatic rings. The first-order valence-corrected chi connectivity index (χ1v) is 9.58. The van der Waals surface area contributed by atoms with E-state index in [1.807, 2.05) is 51.2 Å². The molecule has 1 N–H and O–H groups in total. The molecule has 2 aromatic heterocycles. The summed E-state index contributed by atoms with van der Waals surface area (Å²) < 4.78 is 8.55. The second-order valence-corrected chi connectivity index (χ2v) is 6.91. The number of nitrogens with zero attached hydrogens (tertiary/aromatic N) is 3. The molecule has 1 aromatic carbocycles. The highest BCUT2D eigenvalue weighted by Gasteiger charge is 2.47. The number of halogens is 1. The molecule has 1 saturated carbocycles. The van der Waals surface area contributed by atoms with Crippen LogP contribution in [0.15, 0.2) is 59.4 Å². The summed E-state index contributed by atoms with van der Waals surface area (Å²) in [5.74, 6) is 1.32. The van der Waals surface area contributed by atoms with Crippen LogP contribution in [0.25, 0.3) is 5.65 Å². The molecule has 0 amide bonds.